The molecule has 0 saturated carbocycles. The van der Waals surface area contributed by atoms with Gasteiger partial charge in [0.1, 0.15) is 0 Å². The van der Waals surface area contributed by atoms with Gasteiger partial charge < -0.3 is 4.57 Å². The van der Waals surface area contributed by atoms with Gasteiger partial charge in [0, 0.05) is 10.6 Å². The Morgan fingerprint density at radius 3 is 1.72 bits per heavy atom. The summed E-state index contributed by atoms with van der Waals surface area (Å²) in [5, 5.41) is 1.78. The molecular formula is C16H17OP. The van der Waals surface area contributed by atoms with Crippen molar-refractivity contribution >= 4 is 17.8 Å². The zero-order chi connectivity index (χ0) is 12.8. The van der Waals surface area contributed by atoms with Gasteiger partial charge in [-0.25, -0.2) is 0 Å². The van der Waals surface area contributed by atoms with Crippen LogP contribution in [0.1, 0.15) is 13.3 Å². The molecule has 2 rings (SSSR count). The molecule has 0 bridgehead atoms. The van der Waals surface area contributed by atoms with Crippen molar-refractivity contribution in [1.82, 2.24) is 0 Å². The second-order valence-electron chi connectivity index (χ2n) is 4.12. The van der Waals surface area contributed by atoms with Gasteiger partial charge in [0.2, 0.25) is 0 Å². The van der Waals surface area contributed by atoms with E-state index >= 15 is 0 Å². The highest BCUT2D eigenvalue weighted by atomic mass is 31.2. The lowest BCUT2D eigenvalue weighted by atomic mass is 10.4. The van der Waals surface area contributed by atoms with E-state index in [4.69, 9.17) is 0 Å². The van der Waals surface area contributed by atoms with Crippen LogP contribution in [-0.2, 0) is 4.57 Å². The first kappa shape index (κ1) is 12.9. The van der Waals surface area contributed by atoms with Gasteiger partial charge in [0.05, 0.1) is 0 Å². The summed E-state index contributed by atoms with van der Waals surface area (Å²) >= 11 is 0. The van der Waals surface area contributed by atoms with Gasteiger partial charge in [0.25, 0.3) is 0 Å². The molecule has 0 amide bonds. The topological polar surface area (TPSA) is 17.1 Å². The monoisotopic (exact) mass is 256 g/mol. The SMILES string of the molecule is CC/C=C/P(=O)(c1ccccc1)c1ccccc1. The largest absolute Gasteiger partial charge is 0.309 e. The second-order valence-corrected chi connectivity index (χ2v) is 6.77. The van der Waals surface area contributed by atoms with E-state index in [1.54, 1.807) is 0 Å². The smallest absolute Gasteiger partial charge is 0.163 e. The Hall–Kier alpha value is -1.59. The Labute approximate surface area is 109 Å². The number of hydrogen-bond acceptors (Lipinski definition) is 1. The van der Waals surface area contributed by atoms with E-state index in [1.165, 1.54) is 0 Å². The van der Waals surface area contributed by atoms with Crippen molar-refractivity contribution in [2.24, 2.45) is 0 Å². The minimum absolute atomic E-state index is 0.890. The molecule has 0 aliphatic rings. The molecule has 0 aliphatic heterocycles. The first-order valence-corrected chi connectivity index (χ1v) is 7.93. The summed E-state index contributed by atoms with van der Waals surface area (Å²) in [5.41, 5.74) is 0. The first-order valence-electron chi connectivity index (χ1n) is 6.16. The van der Waals surface area contributed by atoms with Crippen molar-refractivity contribution in [2.45, 2.75) is 13.3 Å². The van der Waals surface area contributed by atoms with E-state index in [-0.39, 0.29) is 0 Å². The Balaban J connectivity index is 2.56. The average Bonchev–Trinajstić information content (AvgIpc) is 2.46. The zero-order valence-corrected chi connectivity index (χ0v) is 11.4. The lowest BCUT2D eigenvalue weighted by Crippen LogP contribution is -2.13. The van der Waals surface area contributed by atoms with Crippen molar-refractivity contribution in [3.63, 3.8) is 0 Å². The van der Waals surface area contributed by atoms with Gasteiger partial charge >= 0.3 is 0 Å². The van der Waals surface area contributed by atoms with Crippen LogP contribution in [0.25, 0.3) is 0 Å². The van der Waals surface area contributed by atoms with E-state index in [2.05, 4.69) is 6.92 Å². The molecule has 18 heavy (non-hydrogen) atoms. The summed E-state index contributed by atoms with van der Waals surface area (Å²) in [6.45, 7) is 2.05. The average molecular weight is 256 g/mol. The molecular weight excluding hydrogens is 239 g/mol. The first-order chi connectivity index (χ1) is 8.77. The molecule has 2 heteroatoms. The van der Waals surface area contributed by atoms with E-state index in [9.17, 15) is 4.57 Å². The lowest BCUT2D eigenvalue weighted by Gasteiger charge is -2.15. The molecule has 2 aromatic carbocycles. The number of hydrogen-bond donors (Lipinski definition) is 0. The summed E-state index contributed by atoms with van der Waals surface area (Å²) in [6, 6.07) is 19.4. The Morgan fingerprint density at radius 1 is 0.889 bits per heavy atom. The molecule has 0 radical (unpaired) electrons. The Bertz CT molecular complexity index is 515. The summed E-state index contributed by atoms with van der Waals surface area (Å²) in [7, 11) is -2.62. The number of allylic oxidation sites excluding steroid dienone is 1. The van der Waals surface area contributed by atoms with Gasteiger partial charge in [-0.1, -0.05) is 73.7 Å². The molecule has 1 nitrogen and oxygen atoms in total. The fourth-order valence-electron chi connectivity index (χ4n) is 1.87. The van der Waals surface area contributed by atoms with Crippen LogP contribution in [0.3, 0.4) is 0 Å². The highest BCUT2D eigenvalue weighted by molar-refractivity contribution is 7.81. The number of benzene rings is 2. The quantitative estimate of drug-likeness (QED) is 0.758. The molecule has 0 fully saturated rings. The Morgan fingerprint density at radius 2 is 1.33 bits per heavy atom. The van der Waals surface area contributed by atoms with Crippen LogP contribution in [0.2, 0.25) is 0 Å². The molecule has 2 aromatic rings. The summed E-state index contributed by atoms with van der Waals surface area (Å²) < 4.78 is 13.3. The van der Waals surface area contributed by atoms with E-state index in [1.807, 2.05) is 72.6 Å². The highest BCUT2D eigenvalue weighted by Crippen LogP contribution is 2.44. The molecule has 0 spiro atoms. The van der Waals surface area contributed by atoms with Crippen LogP contribution in [0.15, 0.2) is 72.6 Å². The van der Waals surface area contributed by atoms with Crippen molar-refractivity contribution in [3.8, 4) is 0 Å². The normalized spacial score (nSPS) is 11.8. The minimum atomic E-state index is -2.62. The maximum atomic E-state index is 13.3. The maximum absolute atomic E-state index is 13.3. The van der Waals surface area contributed by atoms with Crippen molar-refractivity contribution in [3.05, 3.63) is 72.6 Å². The van der Waals surface area contributed by atoms with Crippen molar-refractivity contribution in [1.29, 1.82) is 0 Å². The molecule has 0 atom stereocenters. The van der Waals surface area contributed by atoms with Crippen LogP contribution in [0, 0.1) is 0 Å². The standard InChI is InChI=1S/C16H17OP/c1-2-3-14-18(17,15-10-6-4-7-11-15)16-12-8-5-9-13-16/h3-14H,2H2,1H3/b14-3+. The van der Waals surface area contributed by atoms with Gasteiger partial charge in [-0.3, -0.25) is 0 Å². The summed E-state index contributed by atoms with van der Waals surface area (Å²) in [5.74, 6) is 1.87. The third kappa shape index (κ3) is 2.63. The van der Waals surface area contributed by atoms with Gasteiger partial charge in [-0.2, -0.15) is 0 Å². The molecule has 0 heterocycles. The van der Waals surface area contributed by atoms with E-state index in [0.717, 1.165) is 17.0 Å². The van der Waals surface area contributed by atoms with Crippen molar-refractivity contribution < 1.29 is 4.57 Å². The van der Waals surface area contributed by atoms with Gasteiger partial charge in [0.15, 0.2) is 7.14 Å². The van der Waals surface area contributed by atoms with Crippen LogP contribution in [0.5, 0.6) is 0 Å². The summed E-state index contributed by atoms with van der Waals surface area (Å²) in [6.07, 6.45) is 2.88. The maximum Gasteiger partial charge on any atom is 0.163 e. The molecule has 0 unspecified atom stereocenters. The predicted molar refractivity (Wildman–Crippen MR) is 79.2 cm³/mol. The Kier molecular flexibility index (Phi) is 4.17. The fraction of sp³-hybridized carbons (Fsp3) is 0.125. The second kappa shape index (κ2) is 5.84. The van der Waals surface area contributed by atoms with E-state index in [0.29, 0.717) is 0 Å². The third-order valence-electron chi connectivity index (χ3n) is 2.83. The fourth-order valence-corrected chi connectivity index (χ4v) is 4.25. The number of rotatable bonds is 4. The minimum Gasteiger partial charge on any atom is -0.309 e. The molecule has 0 N–H and O–H groups in total. The third-order valence-corrected chi connectivity index (χ3v) is 5.59. The van der Waals surface area contributed by atoms with E-state index < -0.39 is 7.14 Å². The van der Waals surface area contributed by atoms with Gasteiger partial charge in [-0.15, -0.1) is 0 Å². The van der Waals surface area contributed by atoms with Crippen LogP contribution < -0.4 is 10.6 Å². The predicted octanol–water partition coefficient (Wildman–Crippen LogP) is 3.92. The molecule has 92 valence electrons. The zero-order valence-electron chi connectivity index (χ0n) is 10.5. The molecule has 0 saturated heterocycles. The molecule has 0 aliphatic carbocycles. The lowest BCUT2D eigenvalue weighted by molar-refractivity contribution is 0.592. The van der Waals surface area contributed by atoms with Crippen LogP contribution in [0.4, 0.5) is 0 Å². The molecule has 0 aromatic heterocycles. The van der Waals surface area contributed by atoms with Crippen molar-refractivity contribution in [2.75, 3.05) is 0 Å². The van der Waals surface area contributed by atoms with Crippen LogP contribution in [-0.4, -0.2) is 0 Å². The highest BCUT2D eigenvalue weighted by Gasteiger charge is 2.23. The van der Waals surface area contributed by atoms with Crippen LogP contribution >= 0.6 is 7.14 Å². The van der Waals surface area contributed by atoms with Gasteiger partial charge in [-0.05, 0) is 12.2 Å². The summed E-state index contributed by atoms with van der Waals surface area (Å²) in [4.78, 5) is 0.